The zero-order valence-electron chi connectivity index (χ0n) is 5.16. The molecule has 0 heterocycles. The van der Waals surface area contributed by atoms with Crippen LogP contribution in [-0.2, 0) is 0 Å². The molecule has 0 aromatic rings. The Morgan fingerprint density at radius 3 is 1.00 bits per heavy atom. The fourth-order valence-corrected chi connectivity index (χ4v) is 0. The summed E-state index contributed by atoms with van der Waals surface area (Å²) in [6, 6.07) is 0. The van der Waals surface area contributed by atoms with Crippen molar-refractivity contribution in [1.29, 1.82) is 0 Å². The molecule has 0 rings (SSSR count). The van der Waals surface area contributed by atoms with Crippen molar-refractivity contribution in [3.63, 3.8) is 0 Å². The Morgan fingerprint density at radius 1 is 1.00 bits per heavy atom. The molecular formula is C3H9BBr3N. The van der Waals surface area contributed by atoms with Crippen LogP contribution in [-0.4, -0.2) is 29.2 Å². The van der Waals surface area contributed by atoms with Gasteiger partial charge in [-0.25, -0.2) is 0 Å². The van der Waals surface area contributed by atoms with E-state index in [9.17, 15) is 0 Å². The first-order valence-corrected chi connectivity index (χ1v) is 4.74. The lowest BCUT2D eigenvalue weighted by atomic mass is 10.8. The van der Waals surface area contributed by atoms with E-state index < -0.39 is 0 Å². The van der Waals surface area contributed by atoms with Gasteiger partial charge in [-0.2, -0.15) is 0 Å². The van der Waals surface area contributed by atoms with Crippen LogP contribution in [0.1, 0.15) is 0 Å². The van der Waals surface area contributed by atoms with Gasteiger partial charge in [-0.3, -0.25) is 0 Å². The van der Waals surface area contributed by atoms with Crippen molar-refractivity contribution in [3.8, 4) is 0 Å². The van der Waals surface area contributed by atoms with Crippen molar-refractivity contribution in [2.75, 3.05) is 21.1 Å². The van der Waals surface area contributed by atoms with E-state index in [2.05, 4.69) is 47.3 Å². The van der Waals surface area contributed by atoms with E-state index in [1.54, 1.807) is 0 Å². The van der Waals surface area contributed by atoms with Gasteiger partial charge in [0, 0.05) is 0 Å². The molecule has 0 aliphatic carbocycles. The van der Waals surface area contributed by atoms with Gasteiger partial charge in [0.25, 0.3) is 0 Å². The number of halogens is 3. The van der Waals surface area contributed by atoms with Crippen molar-refractivity contribution in [2.45, 2.75) is 0 Å². The summed E-state index contributed by atoms with van der Waals surface area (Å²) in [5, 5.41) is 0. The van der Waals surface area contributed by atoms with Gasteiger partial charge in [0.15, 0.2) is 0 Å². The third-order valence-corrected chi connectivity index (χ3v) is 0. The molecule has 0 aliphatic heterocycles. The molecule has 0 radical (unpaired) electrons. The van der Waals surface area contributed by atoms with Gasteiger partial charge in [0.2, 0.25) is 0 Å². The van der Waals surface area contributed by atoms with E-state index in [0.29, 0.717) is 0 Å². The van der Waals surface area contributed by atoms with Crippen molar-refractivity contribution in [1.82, 2.24) is 4.90 Å². The molecule has 0 aliphatic rings. The van der Waals surface area contributed by atoms with Gasteiger partial charge < -0.3 is 4.90 Å². The maximum atomic E-state index is 3.10. The van der Waals surface area contributed by atoms with Crippen LogP contribution in [0.15, 0.2) is 0 Å². The van der Waals surface area contributed by atoms with Crippen molar-refractivity contribution in [3.05, 3.63) is 0 Å². The van der Waals surface area contributed by atoms with E-state index in [1.165, 1.54) is 0 Å². The molecule has 8 heavy (non-hydrogen) atoms. The molecule has 1 nitrogen and oxygen atoms in total. The highest BCUT2D eigenvalue weighted by Crippen LogP contribution is 2.07. The second-order valence-electron chi connectivity index (χ2n) is 1.59. The largest absolute Gasteiger partial charge is 0.369 e. The van der Waals surface area contributed by atoms with Crippen molar-refractivity contribution in [2.24, 2.45) is 0 Å². The van der Waals surface area contributed by atoms with Crippen molar-refractivity contribution < 1.29 is 0 Å². The molecular weight excluding hydrogens is 301 g/mol. The molecule has 0 N–H and O–H groups in total. The van der Waals surface area contributed by atoms with Crippen LogP contribution in [0.2, 0.25) is 0 Å². The topological polar surface area (TPSA) is 3.24 Å². The molecule has 50 valence electrons. The number of hydrogen-bond donors (Lipinski definition) is 0. The molecule has 0 aromatic heterocycles. The van der Waals surface area contributed by atoms with Gasteiger partial charge in [-0.1, -0.05) is 0 Å². The number of rotatable bonds is 0. The molecule has 5 heteroatoms. The van der Waals surface area contributed by atoms with Crippen LogP contribution in [0.25, 0.3) is 0 Å². The molecule has 0 saturated carbocycles. The second kappa shape index (κ2) is 8.46. The Bertz CT molecular complexity index is 30.0. The maximum absolute atomic E-state index is 3.10. The Morgan fingerprint density at radius 2 is 1.00 bits per heavy atom. The SMILES string of the molecule is BrB(Br)Br.CN(C)C. The molecule has 0 fully saturated rings. The quantitative estimate of drug-likeness (QED) is 0.621. The third kappa shape index (κ3) is 145. The van der Waals surface area contributed by atoms with Crippen LogP contribution in [0.5, 0.6) is 0 Å². The lowest BCUT2D eigenvalue weighted by Crippen LogP contribution is -1.99. The fourth-order valence-electron chi connectivity index (χ4n) is 0. The Kier molecular flexibility index (Phi) is 12.9. The first-order valence-electron chi connectivity index (χ1n) is 2.00. The zero-order chi connectivity index (χ0) is 7.15. The second-order valence-corrected chi connectivity index (χ2v) is 8.02. The van der Waals surface area contributed by atoms with E-state index in [1.807, 2.05) is 26.0 Å². The minimum atomic E-state index is 0.271. The third-order valence-electron chi connectivity index (χ3n) is 0. The van der Waals surface area contributed by atoms with Crippen LogP contribution >= 0.6 is 47.3 Å². The minimum absolute atomic E-state index is 0.271. The van der Waals surface area contributed by atoms with E-state index in [4.69, 9.17) is 0 Å². The highest BCUT2D eigenvalue weighted by molar-refractivity contribution is 9.69. The number of nitrogens with zero attached hydrogens (tertiary/aromatic N) is 1. The zero-order valence-corrected chi connectivity index (χ0v) is 9.92. The summed E-state index contributed by atoms with van der Waals surface area (Å²) < 4.78 is 0.271. The van der Waals surface area contributed by atoms with Crippen LogP contribution < -0.4 is 0 Å². The summed E-state index contributed by atoms with van der Waals surface area (Å²) in [6.07, 6.45) is 0. The average molecular weight is 310 g/mol. The summed E-state index contributed by atoms with van der Waals surface area (Å²) in [5.41, 5.74) is 0. The van der Waals surface area contributed by atoms with Crippen LogP contribution in [0, 0.1) is 0 Å². The monoisotopic (exact) mass is 307 g/mol. The molecule has 0 atom stereocenters. The van der Waals surface area contributed by atoms with Gasteiger partial charge in [-0.05, 0) is 21.1 Å². The summed E-state index contributed by atoms with van der Waals surface area (Å²) in [7, 11) is 6.00. The average Bonchev–Trinajstić information content (AvgIpc) is 1.25. The highest BCUT2D eigenvalue weighted by Gasteiger charge is 1.87. The summed E-state index contributed by atoms with van der Waals surface area (Å²) in [5.74, 6) is 0. The maximum Gasteiger partial charge on any atom is 0.369 e. The van der Waals surface area contributed by atoms with Crippen molar-refractivity contribution >= 4 is 50.5 Å². The smallest absolute Gasteiger partial charge is 0.312 e. The van der Waals surface area contributed by atoms with E-state index in [0.717, 1.165) is 0 Å². The first kappa shape index (κ1) is 12.2. The van der Waals surface area contributed by atoms with E-state index in [-0.39, 0.29) is 3.18 Å². The Hall–Kier alpha value is 1.46. The fraction of sp³-hybridized carbons (Fsp3) is 1.00. The highest BCUT2D eigenvalue weighted by atomic mass is 79.9. The lowest BCUT2D eigenvalue weighted by Gasteiger charge is -1.90. The molecule has 0 spiro atoms. The Balaban J connectivity index is 0. The van der Waals surface area contributed by atoms with Gasteiger partial charge >= 0.3 is 3.18 Å². The molecule has 0 bridgehead atoms. The van der Waals surface area contributed by atoms with Crippen LogP contribution in [0.3, 0.4) is 0 Å². The lowest BCUT2D eigenvalue weighted by molar-refractivity contribution is 0.505. The molecule has 0 aromatic carbocycles. The summed E-state index contributed by atoms with van der Waals surface area (Å²) in [4.78, 5) is 2.00. The minimum Gasteiger partial charge on any atom is -0.312 e. The standard InChI is InChI=1S/C3H9N.BBr3/c1-4(2)3;2-1(3)4/h1-3H3;. The first-order chi connectivity index (χ1) is 3.46. The molecule has 0 saturated heterocycles. The molecule has 0 unspecified atom stereocenters. The van der Waals surface area contributed by atoms with Crippen LogP contribution in [0.4, 0.5) is 0 Å². The van der Waals surface area contributed by atoms with Gasteiger partial charge in [0.1, 0.15) is 0 Å². The van der Waals surface area contributed by atoms with Gasteiger partial charge in [-0.15, -0.1) is 47.3 Å². The predicted molar refractivity (Wildman–Crippen MR) is 52.1 cm³/mol. The summed E-state index contributed by atoms with van der Waals surface area (Å²) in [6.45, 7) is 0. The number of hydrogen-bond acceptors (Lipinski definition) is 1. The van der Waals surface area contributed by atoms with E-state index >= 15 is 0 Å². The predicted octanol–water partition coefficient (Wildman–Crippen LogP) is 2.33. The molecule has 0 amide bonds. The summed E-state index contributed by atoms with van der Waals surface area (Å²) >= 11 is 9.31. The normalized spacial score (nSPS) is 7.88. The van der Waals surface area contributed by atoms with Gasteiger partial charge in [0.05, 0.1) is 0 Å². The Labute approximate surface area is 76.2 Å².